The number of carbonyl (C=O) groups excluding carboxylic acids is 1. The van der Waals surface area contributed by atoms with Crippen molar-refractivity contribution in [2.24, 2.45) is 0 Å². The zero-order valence-electron chi connectivity index (χ0n) is 17.4. The normalized spacial score (nSPS) is 16.6. The van der Waals surface area contributed by atoms with Crippen molar-refractivity contribution in [2.75, 3.05) is 49.9 Å². The van der Waals surface area contributed by atoms with Gasteiger partial charge in [0.15, 0.2) is 0 Å². The minimum absolute atomic E-state index is 0.0639. The average molecular weight is 476 g/mol. The molecular formula is C24H27Cl2N3OS. The van der Waals surface area contributed by atoms with Gasteiger partial charge in [0.25, 0.3) is 0 Å². The van der Waals surface area contributed by atoms with Crippen molar-refractivity contribution in [1.29, 1.82) is 0 Å². The molecule has 0 saturated carbocycles. The Morgan fingerprint density at radius 2 is 1.81 bits per heavy atom. The summed E-state index contributed by atoms with van der Waals surface area (Å²) in [6.45, 7) is 5.70. The highest BCUT2D eigenvalue weighted by Crippen LogP contribution is 2.33. The van der Waals surface area contributed by atoms with Gasteiger partial charge < -0.3 is 10.2 Å². The maximum absolute atomic E-state index is 12.5. The van der Waals surface area contributed by atoms with Gasteiger partial charge in [-0.1, -0.05) is 47.5 Å². The smallest absolute Gasteiger partial charge is 0.248 e. The van der Waals surface area contributed by atoms with Crippen LogP contribution in [0.4, 0.5) is 5.69 Å². The predicted octanol–water partition coefficient (Wildman–Crippen LogP) is 5.20. The molecule has 1 amide bonds. The second-order valence-corrected chi connectivity index (χ2v) is 9.66. The second kappa shape index (κ2) is 10.8. The first kappa shape index (κ1) is 22.5. The molecule has 2 heterocycles. The Morgan fingerprint density at radius 1 is 1.00 bits per heavy atom. The molecule has 2 aromatic rings. The molecule has 1 fully saturated rings. The van der Waals surface area contributed by atoms with E-state index in [1.807, 2.05) is 36.4 Å². The molecule has 4 rings (SSSR count). The molecule has 4 nitrogen and oxygen atoms in total. The lowest BCUT2D eigenvalue weighted by atomic mass is 10.1. The Labute approximate surface area is 198 Å². The molecule has 0 unspecified atom stereocenters. The standard InChI is InChI=1S/C24H27Cl2N3OS/c25-20-7-5-8-21(23(20)26)29-14-12-28(13-15-29)11-4-3-10-27-24(30)19-16-18-6-1-2-9-22(18)31-17-19/h1-2,5-9,16H,3-4,10-15,17H2,(H,27,30). The van der Waals surface area contributed by atoms with E-state index in [2.05, 4.69) is 27.2 Å². The van der Waals surface area contributed by atoms with E-state index in [0.29, 0.717) is 10.0 Å². The number of thioether (sulfide) groups is 1. The lowest BCUT2D eigenvalue weighted by Crippen LogP contribution is -2.46. The molecule has 0 aromatic heterocycles. The molecular weight excluding hydrogens is 449 g/mol. The van der Waals surface area contributed by atoms with Crippen molar-refractivity contribution >= 4 is 52.6 Å². The molecule has 0 spiro atoms. The zero-order chi connectivity index (χ0) is 21.6. The first-order chi connectivity index (χ1) is 15.1. The van der Waals surface area contributed by atoms with Gasteiger partial charge in [0, 0.05) is 48.9 Å². The third-order valence-corrected chi connectivity index (χ3v) is 7.70. The predicted molar refractivity (Wildman–Crippen MR) is 133 cm³/mol. The minimum Gasteiger partial charge on any atom is -0.368 e. The second-order valence-electron chi connectivity index (χ2n) is 7.86. The summed E-state index contributed by atoms with van der Waals surface area (Å²) in [5.41, 5.74) is 3.02. The van der Waals surface area contributed by atoms with Crippen molar-refractivity contribution in [3.63, 3.8) is 0 Å². The van der Waals surface area contributed by atoms with Crippen LogP contribution in [0.2, 0.25) is 10.0 Å². The van der Waals surface area contributed by atoms with E-state index in [-0.39, 0.29) is 5.91 Å². The summed E-state index contributed by atoms with van der Waals surface area (Å²) >= 11 is 14.2. The SMILES string of the molecule is O=C(NCCCCN1CCN(c2cccc(Cl)c2Cl)CC1)C1=Cc2ccccc2SC1. The molecule has 7 heteroatoms. The van der Waals surface area contributed by atoms with E-state index in [1.165, 1.54) is 4.90 Å². The van der Waals surface area contributed by atoms with Gasteiger partial charge in [-0.15, -0.1) is 11.8 Å². The Kier molecular flexibility index (Phi) is 7.83. The van der Waals surface area contributed by atoms with E-state index in [1.54, 1.807) is 11.8 Å². The number of hydrogen-bond acceptors (Lipinski definition) is 4. The largest absolute Gasteiger partial charge is 0.368 e. The van der Waals surface area contributed by atoms with Crippen molar-refractivity contribution in [3.8, 4) is 0 Å². The summed E-state index contributed by atoms with van der Waals surface area (Å²) in [7, 11) is 0. The number of benzene rings is 2. The number of anilines is 1. The fourth-order valence-electron chi connectivity index (χ4n) is 3.97. The fraction of sp³-hybridized carbons (Fsp3) is 0.375. The maximum atomic E-state index is 12.5. The number of hydrogen-bond donors (Lipinski definition) is 1. The number of rotatable bonds is 7. The summed E-state index contributed by atoms with van der Waals surface area (Å²) in [6.07, 6.45) is 4.09. The number of fused-ring (bicyclic) bond motifs is 1. The molecule has 2 aromatic carbocycles. The van der Waals surface area contributed by atoms with Crippen LogP contribution in [0.5, 0.6) is 0 Å². The van der Waals surface area contributed by atoms with Gasteiger partial charge in [0.2, 0.25) is 5.91 Å². The highest BCUT2D eigenvalue weighted by molar-refractivity contribution is 7.99. The molecule has 1 saturated heterocycles. The summed E-state index contributed by atoms with van der Waals surface area (Å²) in [5, 5.41) is 4.34. The monoisotopic (exact) mass is 475 g/mol. The molecule has 1 N–H and O–H groups in total. The number of carbonyl (C=O) groups is 1. The van der Waals surface area contributed by atoms with Gasteiger partial charge in [0.05, 0.1) is 15.7 Å². The number of unbranched alkanes of at least 4 members (excludes halogenated alkanes) is 1. The molecule has 2 aliphatic heterocycles. The van der Waals surface area contributed by atoms with Crippen LogP contribution >= 0.6 is 35.0 Å². The van der Waals surface area contributed by atoms with Crippen LogP contribution in [0.25, 0.3) is 6.08 Å². The molecule has 31 heavy (non-hydrogen) atoms. The van der Waals surface area contributed by atoms with Crippen molar-refractivity contribution in [2.45, 2.75) is 17.7 Å². The lowest BCUT2D eigenvalue weighted by molar-refractivity contribution is -0.117. The van der Waals surface area contributed by atoms with Crippen LogP contribution in [0.1, 0.15) is 18.4 Å². The third kappa shape index (κ3) is 5.78. The number of nitrogens with zero attached hydrogens (tertiary/aromatic N) is 2. The van der Waals surface area contributed by atoms with Gasteiger partial charge in [0.1, 0.15) is 0 Å². The van der Waals surface area contributed by atoms with Crippen LogP contribution in [-0.2, 0) is 4.79 Å². The van der Waals surface area contributed by atoms with Crippen molar-refractivity contribution < 1.29 is 4.79 Å². The quantitative estimate of drug-likeness (QED) is 0.558. The molecule has 0 atom stereocenters. The van der Waals surface area contributed by atoms with Crippen LogP contribution in [0.3, 0.4) is 0 Å². The number of piperazine rings is 1. The first-order valence-electron chi connectivity index (χ1n) is 10.7. The first-order valence-corrected chi connectivity index (χ1v) is 12.5. The Morgan fingerprint density at radius 3 is 2.65 bits per heavy atom. The Hall–Kier alpha value is -1.66. The molecule has 0 aliphatic carbocycles. The summed E-state index contributed by atoms with van der Waals surface area (Å²) in [6, 6.07) is 14.0. The van der Waals surface area contributed by atoms with Gasteiger partial charge in [-0.2, -0.15) is 0 Å². The molecule has 2 aliphatic rings. The van der Waals surface area contributed by atoms with E-state index in [9.17, 15) is 4.79 Å². The highest BCUT2D eigenvalue weighted by Gasteiger charge is 2.20. The topological polar surface area (TPSA) is 35.6 Å². The maximum Gasteiger partial charge on any atom is 0.248 e. The van der Waals surface area contributed by atoms with E-state index in [0.717, 1.165) is 74.7 Å². The Bertz CT molecular complexity index is 958. The Balaban J connectivity index is 1.14. The highest BCUT2D eigenvalue weighted by atomic mass is 35.5. The van der Waals surface area contributed by atoms with Gasteiger partial charge in [-0.05, 0) is 49.2 Å². The minimum atomic E-state index is 0.0639. The van der Waals surface area contributed by atoms with E-state index >= 15 is 0 Å². The molecule has 0 bridgehead atoms. The molecule has 0 radical (unpaired) electrons. The van der Waals surface area contributed by atoms with Crippen LogP contribution in [0, 0.1) is 0 Å². The number of amides is 1. The summed E-state index contributed by atoms with van der Waals surface area (Å²) in [4.78, 5) is 18.5. The van der Waals surface area contributed by atoms with Crippen molar-refractivity contribution in [3.05, 3.63) is 63.6 Å². The van der Waals surface area contributed by atoms with Gasteiger partial charge in [-0.3, -0.25) is 9.69 Å². The fourth-order valence-corrected chi connectivity index (χ4v) is 5.38. The van der Waals surface area contributed by atoms with Crippen LogP contribution < -0.4 is 10.2 Å². The van der Waals surface area contributed by atoms with Gasteiger partial charge in [-0.25, -0.2) is 0 Å². The number of halogens is 2. The lowest BCUT2D eigenvalue weighted by Gasteiger charge is -2.36. The third-order valence-electron chi connectivity index (χ3n) is 5.75. The van der Waals surface area contributed by atoms with E-state index in [4.69, 9.17) is 23.2 Å². The van der Waals surface area contributed by atoms with Crippen molar-refractivity contribution in [1.82, 2.24) is 10.2 Å². The van der Waals surface area contributed by atoms with Crippen LogP contribution in [-0.4, -0.2) is 55.8 Å². The van der Waals surface area contributed by atoms with Crippen LogP contribution in [0.15, 0.2) is 52.9 Å². The summed E-state index contributed by atoms with van der Waals surface area (Å²) < 4.78 is 0. The van der Waals surface area contributed by atoms with Gasteiger partial charge >= 0.3 is 0 Å². The summed E-state index contributed by atoms with van der Waals surface area (Å²) in [5.74, 6) is 0.804. The van der Waals surface area contributed by atoms with E-state index < -0.39 is 0 Å². The zero-order valence-corrected chi connectivity index (χ0v) is 19.8. The number of nitrogens with one attached hydrogen (secondary N) is 1. The molecule has 164 valence electrons. The average Bonchev–Trinajstić information content (AvgIpc) is 2.80.